The molecule has 0 aromatic heterocycles. The minimum atomic E-state index is -0.302. The van der Waals surface area contributed by atoms with Crippen molar-refractivity contribution in [3.8, 4) is 23.0 Å². The van der Waals surface area contributed by atoms with Gasteiger partial charge < -0.3 is 30.0 Å². The lowest BCUT2D eigenvalue weighted by Gasteiger charge is -2.12. The molecule has 0 atom stereocenters. The highest BCUT2D eigenvalue weighted by molar-refractivity contribution is 6.02. The molecule has 0 bridgehead atoms. The van der Waals surface area contributed by atoms with Gasteiger partial charge in [-0.1, -0.05) is 0 Å². The molecule has 138 valence electrons. The average Bonchev–Trinajstić information content (AvgIpc) is 2.65. The van der Waals surface area contributed by atoms with Crippen molar-refractivity contribution in [2.24, 2.45) is 0 Å². The predicted molar refractivity (Wildman–Crippen MR) is 101 cm³/mol. The fraction of sp³-hybridized carbons (Fsp3) is 0.211. The van der Waals surface area contributed by atoms with Crippen molar-refractivity contribution >= 4 is 23.4 Å². The van der Waals surface area contributed by atoms with Crippen LogP contribution < -0.4 is 30.0 Å². The van der Waals surface area contributed by atoms with Crippen LogP contribution in [0.5, 0.6) is 23.0 Å². The van der Waals surface area contributed by atoms with E-state index in [0.717, 1.165) is 5.56 Å². The molecule has 0 fully saturated rings. The lowest BCUT2D eigenvalue weighted by molar-refractivity contribution is -0.111. The highest BCUT2D eigenvalue weighted by Crippen LogP contribution is 2.38. The van der Waals surface area contributed by atoms with Crippen LogP contribution in [-0.2, 0) is 4.79 Å². The third kappa shape index (κ3) is 4.38. The maximum atomic E-state index is 12.1. The van der Waals surface area contributed by atoms with Crippen LogP contribution in [0.15, 0.2) is 36.4 Å². The van der Waals surface area contributed by atoms with E-state index in [9.17, 15) is 4.79 Å². The standard InChI is InChI=1S/C19H22N2O5/c1-23-15-7-6-13(11-14(15)20)21-18(22)8-5-12-9-16(24-2)19(26-4)17(10-12)25-3/h5-11H,20H2,1-4H3,(H,21,22)/b8-5+. The summed E-state index contributed by atoms with van der Waals surface area (Å²) in [4.78, 5) is 12.1. The van der Waals surface area contributed by atoms with Gasteiger partial charge in [0.15, 0.2) is 11.5 Å². The van der Waals surface area contributed by atoms with Gasteiger partial charge >= 0.3 is 0 Å². The number of carbonyl (C=O) groups is 1. The van der Waals surface area contributed by atoms with E-state index < -0.39 is 0 Å². The Morgan fingerprint density at radius 3 is 2.04 bits per heavy atom. The van der Waals surface area contributed by atoms with Gasteiger partial charge in [-0.3, -0.25) is 4.79 Å². The summed E-state index contributed by atoms with van der Waals surface area (Å²) in [6.07, 6.45) is 3.05. The van der Waals surface area contributed by atoms with Crippen molar-refractivity contribution in [1.29, 1.82) is 0 Å². The number of nitrogens with two attached hydrogens (primary N) is 1. The van der Waals surface area contributed by atoms with Gasteiger partial charge in [0.05, 0.1) is 34.1 Å². The highest BCUT2D eigenvalue weighted by Gasteiger charge is 2.12. The van der Waals surface area contributed by atoms with Gasteiger partial charge in [0, 0.05) is 11.8 Å². The number of nitrogen functional groups attached to an aromatic ring is 1. The molecular weight excluding hydrogens is 336 g/mol. The second-order valence-corrected chi connectivity index (χ2v) is 5.24. The Morgan fingerprint density at radius 1 is 0.923 bits per heavy atom. The molecular formula is C19H22N2O5. The Bertz CT molecular complexity index is 793. The minimum Gasteiger partial charge on any atom is -0.495 e. The molecule has 0 aliphatic heterocycles. The zero-order chi connectivity index (χ0) is 19.1. The second kappa shape index (κ2) is 8.66. The molecule has 0 heterocycles. The van der Waals surface area contributed by atoms with E-state index >= 15 is 0 Å². The molecule has 3 N–H and O–H groups in total. The molecule has 0 saturated heterocycles. The fourth-order valence-corrected chi connectivity index (χ4v) is 2.37. The number of hydrogen-bond donors (Lipinski definition) is 2. The van der Waals surface area contributed by atoms with Gasteiger partial charge in [0.2, 0.25) is 11.7 Å². The van der Waals surface area contributed by atoms with Crippen LogP contribution in [-0.4, -0.2) is 34.3 Å². The van der Waals surface area contributed by atoms with Gasteiger partial charge in [-0.15, -0.1) is 0 Å². The molecule has 2 rings (SSSR count). The monoisotopic (exact) mass is 358 g/mol. The van der Waals surface area contributed by atoms with E-state index in [4.69, 9.17) is 24.7 Å². The van der Waals surface area contributed by atoms with Gasteiger partial charge in [-0.05, 0) is 42.0 Å². The van der Waals surface area contributed by atoms with Crippen molar-refractivity contribution in [2.75, 3.05) is 39.5 Å². The molecule has 0 unspecified atom stereocenters. The molecule has 2 aromatic rings. The zero-order valence-corrected chi connectivity index (χ0v) is 15.2. The van der Waals surface area contributed by atoms with Gasteiger partial charge in [-0.2, -0.15) is 0 Å². The summed E-state index contributed by atoms with van der Waals surface area (Å²) in [7, 11) is 6.13. The molecule has 0 spiro atoms. The van der Waals surface area contributed by atoms with E-state index in [1.807, 2.05) is 0 Å². The summed E-state index contributed by atoms with van der Waals surface area (Å²) in [6.45, 7) is 0. The molecule has 2 aromatic carbocycles. The lowest BCUT2D eigenvalue weighted by atomic mass is 10.1. The second-order valence-electron chi connectivity index (χ2n) is 5.24. The minimum absolute atomic E-state index is 0.302. The van der Waals surface area contributed by atoms with Crippen molar-refractivity contribution in [1.82, 2.24) is 0 Å². The number of methoxy groups -OCH3 is 4. The Morgan fingerprint density at radius 2 is 1.54 bits per heavy atom. The van der Waals surface area contributed by atoms with Crippen LogP contribution in [0.3, 0.4) is 0 Å². The van der Waals surface area contributed by atoms with Gasteiger partial charge in [0.25, 0.3) is 0 Å². The number of amides is 1. The Kier molecular flexibility index (Phi) is 6.32. The Balaban J connectivity index is 2.16. The molecule has 0 aliphatic rings. The molecule has 7 nitrogen and oxygen atoms in total. The van der Waals surface area contributed by atoms with Crippen molar-refractivity contribution in [3.63, 3.8) is 0 Å². The Hall–Kier alpha value is -3.35. The number of rotatable bonds is 7. The van der Waals surface area contributed by atoms with Crippen molar-refractivity contribution in [3.05, 3.63) is 42.0 Å². The summed E-state index contributed by atoms with van der Waals surface area (Å²) >= 11 is 0. The summed E-state index contributed by atoms with van der Waals surface area (Å²) < 4.78 is 20.9. The first-order valence-corrected chi connectivity index (χ1v) is 7.75. The average molecular weight is 358 g/mol. The summed E-state index contributed by atoms with van der Waals surface area (Å²) in [5.74, 6) is 1.76. The van der Waals surface area contributed by atoms with Crippen LogP contribution in [0.2, 0.25) is 0 Å². The van der Waals surface area contributed by atoms with Gasteiger partial charge in [-0.25, -0.2) is 0 Å². The SMILES string of the molecule is COc1ccc(NC(=O)/C=C/c2cc(OC)c(OC)c(OC)c2)cc1N. The number of ether oxygens (including phenoxy) is 4. The molecule has 0 aliphatic carbocycles. The van der Waals surface area contributed by atoms with E-state index in [2.05, 4.69) is 5.32 Å². The third-order valence-corrected chi connectivity index (χ3v) is 3.61. The maximum Gasteiger partial charge on any atom is 0.248 e. The van der Waals surface area contributed by atoms with Crippen molar-refractivity contribution in [2.45, 2.75) is 0 Å². The van der Waals surface area contributed by atoms with E-state index in [1.54, 1.807) is 36.4 Å². The van der Waals surface area contributed by atoms with Crippen LogP contribution >= 0.6 is 0 Å². The topological polar surface area (TPSA) is 92.0 Å². The first-order chi connectivity index (χ1) is 12.5. The number of benzene rings is 2. The highest BCUT2D eigenvalue weighted by atomic mass is 16.5. The predicted octanol–water partition coefficient (Wildman–Crippen LogP) is 2.96. The third-order valence-electron chi connectivity index (χ3n) is 3.61. The molecule has 7 heteroatoms. The zero-order valence-electron chi connectivity index (χ0n) is 15.2. The fourth-order valence-electron chi connectivity index (χ4n) is 2.37. The van der Waals surface area contributed by atoms with Crippen LogP contribution in [0, 0.1) is 0 Å². The summed E-state index contributed by atoms with van der Waals surface area (Å²) in [6, 6.07) is 8.52. The van der Waals surface area contributed by atoms with E-state index in [0.29, 0.717) is 34.4 Å². The first kappa shape index (κ1) is 19.0. The smallest absolute Gasteiger partial charge is 0.248 e. The summed E-state index contributed by atoms with van der Waals surface area (Å²) in [5.41, 5.74) is 7.57. The summed E-state index contributed by atoms with van der Waals surface area (Å²) in [5, 5.41) is 2.74. The van der Waals surface area contributed by atoms with E-state index in [1.165, 1.54) is 34.5 Å². The first-order valence-electron chi connectivity index (χ1n) is 7.75. The number of anilines is 2. The van der Waals surface area contributed by atoms with E-state index in [-0.39, 0.29) is 5.91 Å². The lowest BCUT2D eigenvalue weighted by Crippen LogP contribution is -2.08. The van der Waals surface area contributed by atoms with Gasteiger partial charge in [0.1, 0.15) is 5.75 Å². The molecule has 1 amide bonds. The quantitative estimate of drug-likeness (QED) is 0.584. The molecule has 26 heavy (non-hydrogen) atoms. The maximum absolute atomic E-state index is 12.1. The normalized spacial score (nSPS) is 10.5. The molecule has 0 saturated carbocycles. The largest absolute Gasteiger partial charge is 0.495 e. The van der Waals surface area contributed by atoms with Crippen LogP contribution in [0.25, 0.3) is 6.08 Å². The van der Waals surface area contributed by atoms with Crippen LogP contribution in [0.1, 0.15) is 5.56 Å². The number of hydrogen-bond acceptors (Lipinski definition) is 6. The Labute approximate surface area is 152 Å². The van der Waals surface area contributed by atoms with Crippen molar-refractivity contribution < 1.29 is 23.7 Å². The number of nitrogens with one attached hydrogen (secondary N) is 1. The number of carbonyl (C=O) groups excluding carboxylic acids is 1. The van der Waals surface area contributed by atoms with Crippen LogP contribution in [0.4, 0.5) is 11.4 Å². The molecule has 0 radical (unpaired) electrons.